The van der Waals surface area contributed by atoms with Crippen molar-refractivity contribution in [3.63, 3.8) is 0 Å². The summed E-state index contributed by atoms with van der Waals surface area (Å²) in [4.78, 5) is 11.8. The minimum atomic E-state index is -0.577. The molecule has 0 bridgehead atoms. The first-order chi connectivity index (χ1) is 9.77. The molecule has 1 aromatic rings. The first kappa shape index (κ1) is 15.6. The second-order valence-corrected chi connectivity index (χ2v) is 6.47. The molecule has 4 N–H and O–H groups in total. The molecule has 0 aliphatic heterocycles. The van der Waals surface area contributed by atoms with Gasteiger partial charge in [-0.15, -0.1) is 0 Å². The maximum absolute atomic E-state index is 11.8. The highest BCUT2D eigenvalue weighted by molar-refractivity contribution is 5.77. The first-order valence-electron chi connectivity index (χ1n) is 7.28. The summed E-state index contributed by atoms with van der Waals surface area (Å²) in [5.74, 6) is 5.88. The molecule has 1 aromatic carbocycles. The van der Waals surface area contributed by atoms with Crippen molar-refractivity contribution in [1.29, 1.82) is 0 Å². The van der Waals surface area contributed by atoms with Crippen LogP contribution in [0.25, 0.3) is 0 Å². The normalized spacial score (nSPS) is 14.9. The molecule has 0 aromatic heterocycles. The van der Waals surface area contributed by atoms with E-state index in [2.05, 4.69) is 0 Å². The molecule has 21 heavy (non-hydrogen) atoms. The summed E-state index contributed by atoms with van der Waals surface area (Å²) >= 11 is 0. The molecule has 2 rings (SSSR count). The van der Waals surface area contributed by atoms with E-state index in [9.17, 15) is 4.79 Å². The predicted octanol–water partition coefficient (Wildman–Crippen LogP) is 2.16. The fourth-order valence-electron chi connectivity index (χ4n) is 2.55. The van der Waals surface area contributed by atoms with Crippen LogP contribution in [0.3, 0.4) is 0 Å². The van der Waals surface area contributed by atoms with Crippen LogP contribution < -0.4 is 16.6 Å². The molecule has 1 saturated carbocycles. The van der Waals surface area contributed by atoms with E-state index in [1.165, 1.54) is 7.11 Å². The number of hydrogen-bond acceptors (Lipinski definition) is 5. The standard InChI is InChI=1S/C16H25N3O2/c1-10-11(9-16(2,3)15(20)21-4)5-8-13(14(10)17)19(18)12-6-7-12/h5,8,12H,6-7,9,17-18H2,1-4H3. The minimum absolute atomic E-state index is 0.219. The molecule has 1 aliphatic rings. The summed E-state index contributed by atoms with van der Waals surface area (Å²) in [5.41, 5.74) is 9.27. The average molecular weight is 291 g/mol. The van der Waals surface area contributed by atoms with Crippen molar-refractivity contribution in [2.75, 3.05) is 17.9 Å². The van der Waals surface area contributed by atoms with Gasteiger partial charge in [0.05, 0.1) is 23.9 Å². The van der Waals surface area contributed by atoms with E-state index in [1.54, 1.807) is 5.01 Å². The zero-order valence-electron chi connectivity index (χ0n) is 13.3. The highest BCUT2D eigenvalue weighted by atomic mass is 16.5. The number of methoxy groups -OCH3 is 1. The molecule has 0 radical (unpaired) electrons. The molecule has 0 amide bonds. The lowest BCUT2D eigenvalue weighted by molar-refractivity contribution is -0.150. The van der Waals surface area contributed by atoms with E-state index in [0.717, 1.165) is 29.7 Å². The number of ether oxygens (including phenoxy) is 1. The van der Waals surface area contributed by atoms with Gasteiger partial charge in [-0.1, -0.05) is 6.07 Å². The number of carbonyl (C=O) groups excluding carboxylic acids is 1. The summed E-state index contributed by atoms with van der Waals surface area (Å²) in [6, 6.07) is 4.36. The Morgan fingerprint density at radius 2 is 2.05 bits per heavy atom. The van der Waals surface area contributed by atoms with Crippen molar-refractivity contribution in [1.82, 2.24) is 0 Å². The van der Waals surface area contributed by atoms with Crippen molar-refractivity contribution in [2.45, 2.75) is 46.1 Å². The highest BCUT2D eigenvalue weighted by Crippen LogP contribution is 2.36. The predicted molar refractivity (Wildman–Crippen MR) is 84.8 cm³/mol. The van der Waals surface area contributed by atoms with Crippen LogP contribution in [0.2, 0.25) is 0 Å². The number of carbonyl (C=O) groups is 1. The van der Waals surface area contributed by atoms with Gasteiger partial charge in [-0.3, -0.25) is 4.79 Å². The number of rotatable bonds is 5. The maximum atomic E-state index is 11.8. The largest absolute Gasteiger partial charge is 0.469 e. The number of benzene rings is 1. The monoisotopic (exact) mass is 291 g/mol. The van der Waals surface area contributed by atoms with Gasteiger partial charge in [0.25, 0.3) is 0 Å². The molecule has 0 unspecified atom stereocenters. The molecule has 5 nitrogen and oxygen atoms in total. The Morgan fingerprint density at radius 1 is 1.43 bits per heavy atom. The van der Waals surface area contributed by atoms with Crippen molar-refractivity contribution in [3.05, 3.63) is 23.3 Å². The molecule has 0 spiro atoms. The van der Waals surface area contributed by atoms with E-state index in [4.69, 9.17) is 16.3 Å². The summed E-state index contributed by atoms with van der Waals surface area (Å²) < 4.78 is 4.86. The Bertz CT molecular complexity index is 551. The third-order valence-corrected chi connectivity index (χ3v) is 4.19. The number of hydrogen-bond donors (Lipinski definition) is 2. The van der Waals surface area contributed by atoms with Gasteiger partial charge in [-0.2, -0.15) is 0 Å². The number of nitrogens with two attached hydrogens (primary N) is 2. The molecule has 1 fully saturated rings. The minimum Gasteiger partial charge on any atom is -0.469 e. The lowest BCUT2D eigenvalue weighted by Gasteiger charge is -2.25. The van der Waals surface area contributed by atoms with E-state index in [-0.39, 0.29) is 5.97 Å². The Balaban J connectivity index is 2.26. The second-order valence-electron chi connectivity index (χ2n) is 6.47. The van der Waals surface area contributed by atoms with Crippen molar-refractivity contribution in [3.8, 4) is 0 Å². The number of hydrazine groups is 1. The average Bonchev–Trinajstić information content (AvgIpc) is 3.27. The maximum Gasteiger partial charge on any atom is 0.311 e. The van der Waals surface area contributed by atoms with Crippen LogP contribution in [0, 0.1) is 12.3 Å². The molecule has 5 heteroatoms. The third-order valence-electron chi connectivity index (χ3n) is 4.19. The van der Waals surface area contributed by atoms with Gasteiger partial charge < -0.3 is 15.5 Å². The van der Waals surface area contributed by atoms with Gasteiger partial charge in [0.2, 0.25) is 0 Å². The van der Waals surface area contributed by atoms with Crippen molar-refractivity contribution < 1.29 is 9.53 Å². The number of anilines is 2. The van der Waals surface area contributed by atoms with Gasteiger partial charge in [0.15, 0.2) is 0 Å². The van der Waals surface area contributed by atoms with Gasteiger partial charge in [0.1, 0.15) is 0 Å². The molecule has 0 heterocycles. The Labute approximate surface area is 126 Å². The summed E-state index contributed by atoms with van der Waals surface area (Å²) in [5, 5.41) is 1.76. The lowest BCUT2D eigenvalue weighted by atomic mass is 9.84. The Morgan fingerprint density at radius 3 is 2.57 bits per heavy atom. The summed E-state index contributed by atoms with van der Waals surface area (Å²) in [6.07, 6.45) is 2.82. The summed E-state index contributed by atoms with van der Waals surface area (Å²) in [6.45, 7) is 5.73. The van der Waals surface area contributed by atoms with Crippen LogP contribution in [0.15, 0.2) is 12.1 Å². The molecule has 116 valence electrons. The molecule has 0 saturated heterocycles. The number of esters is 1. The first-order valence-corrected chi connectivity index (χ1v) is 7.28. The van der Waals surface area contributed by atoms with Crippen LogP contribution >= 0.6 is 0 Å². The third kappa shape index (κ3) is 3.13. The zero-order chi connectivity index (χ0) is 15.8. The summed E-state index contributed by atoms with van der Waals surface area (Å²) in [7, 11) is 1.41. The quantitative estimate of drug-likeness (QED) is 0.376. The van der Waals surface area contributed by atoms with E-state index < -0.39 is 5.41 Å². The number of nitrogen functional groups attached to an aromatic ring is 1. The molecule has 0 atom stereocenters. The van der Waals surface area contributed by atoms with Crippen LogP contribution in [0.5, 0.6) is 0 Å². The smallest absolute Gasteiger partial charge is 0.311 e. The van der Waals surface area contributed by atoms with Gasteiger partial charge in [-0.25, -0.2) is 5.84 Å². The van der Waals surface area contributed by atoms with Crippen molar-refractivity contribution >= 4 is 17.3 Å². The molecular weight excluding hydrogens is 266 g/mol. The van der Waals surface area contributed by atoms with Crippen LogP contribution in [0.4, 0.5) is 11.4 Å². The lowest BCUT2D eigenvalue weighted by Crippen LogP contribution is -2.34. The second kappa shape index (κ2) is 5.56. The van der Waals surface area contributed by atoms with Gasteiger partial charge in [0, 0.05) is 6.04 Å². The van der Waals surface area contributed by atoms with E-state index in [1.807, 2.05) is 32.9 Å². The topological polar surface area (TPSA) is 81.6 Å². The fraction of sp³-hybridized carbons (Fsp3) is 0.562. The SMILES string of the molecule is COC(=O)C(C)(C)Cc1ccc(N(N)C2CC2)c(N)c1C. The highest BCUT2D eigenvalue weighted by Gasteiger charge is 2.31. The van der Waals surface area contributed by atoms with Gasteiger partial charge in [-0.05, 0) is 57.2 Å². The fourth-order valence-corrected chi connectivity index (χ4v) is 2.55. The zero-order valence-corrected chi connectivity index (χ0v) is 13.3. The Hall–Kier alpha value is -1.75. The number of nitrogens with zero attached hydrogens (tertiary/aromatic N) is 1. The van der Waals surface area contributed by atoms with E-state index in [0.29, 0.717) is 18.2 Å². The molecule has 1 aliphatic carbocycles. The Kier molecular flexibility index (Phi) is 4.14. The van der Waals surface area contributed by atoms with Gasteiger partial charge >= 0.3 is 5.97 Å². The molecular formula is C16H25N3O2. The van der Waals surface area contributed by atoms with Crippen LogP contribution in [-0.2, 0) is 16.0 Å². The van der Waals surface area contributed by atoms with E-state index >= 15 is 0 Å². The van der Waals surface area contributed by atoms with Crippen LogP contribution in [-0.4, -0.2) is 19.1 Å². The van der Waals surface area contributed by atoms with Crippen LogP contribution in [0.1, 0.15) is 37.8 Å². The van der Waals surface area contributed by atoms with Crippen molar-refractivity contribution in [2.24, 2.45) is 11.3 Å².